The van der Waals surface area contributed by atoms with Gasteiger partial charge in [0.15, 0.2) is 0 Å². The molecule has 7 heteroatoms. The topological polar surface area (TPSA) is 65.8 Å². The predicted molar refractivity (Wildman–Crippen MR) is 102 cm³/mol. The van der Waals surface area contributed by atoms with Crippen LogP contribution in [-0.4, -0.2) is 60.3 Å². The fraction of sp³-hybridized carbons (Fsp3) is 0.619. The molecule has 0 aliphatic carbocycles. The van der Waals surface area contributed by atoms with Crippen molar-refractivity contribution in [2.24, 2.45) is 0 Å². The van der Waals surface area contributed by atoms with Crippen molar-refractivity contribution in [2.45, 2.75) is 51.9 Å². The summed E-state index contributed by atoms with van der Waals surface area (Å²) in [6.45, 7) is 10.5. The number of piperazine rings is 1. The molecule has 1 aromatic rings. The van der Waals surface area contributed by atoms with Crippen LogP contribution in [0.25, 0.3) is 0 Å². The molecule has 2 atom stereocenters. The van der Waals surface area contributed by atoms with Crippen LogP contribution in [0.4, 0.5) is 9.18 Å². The Kier molecular flexibility index (Phi) is 5.92. The molecule has 1 amide bonds. The number of carbonyl (C=O) groups is 1. The molecule has 0 unspecified atom stereocenters. The number of amides is 1. The molecule has 2 aliphatic heterocycles. The van der Waals surface area contributed by atoms with Gasteiger partial charge in [0.1, 0.15) is 17.5 Å². The number of hydrogen-bond acceptors (Lipinski definition) is 5. The number of hydrogen-bond donors (Lipinski definition) is 0. The quantitative estimate of drug-likeness (QED) is 0.737. The average molecular weight is 389 g/mol. The second-order valence-corrected chi connectivity index (χ2v) is 8.47. The first-order valence-electron chi connectivity index (χ1n) is 9.72. The van der Waals surface area contributed by atoms with E-state index in [9.17, 15) is 14.4 Å². The first-order valence-corrected chi connectivity index (χ1v) is 9.72. The number of ether oxygens (including phenoxy) is 2. The number of halogens is 1. The van der Waals surface area contributed by atoms with Gasteiger partial charge in [0.05, 0.1) is 11.7 Å². The minimum absolute atomic E-state index is 0.0802. The molecule has 2 saturated heterocycles. The summed E-state index contributed by atoms with van der Waals surface area (Å²) in [5, 5.41) is 9.24. The third-order valence-electron chi connectivity index (χ3n) is 5.34. The van der Waals surface area contributed by atoms with Crippen LogP contribution in [0.1, 0.15) is 50.0 Å². The van der Waals surface area contributed by atoms with E-state index in [0.717, 1.165) is 18.5 Å². The van der Waals surface area contributed by atoms with Crippen LogP contribution >= 0.6 is 0 Å². The van der Waals surface area contributed by atoms with E-state index in [1.165, 1.54) is 6.07 Å². The second-order valence-electron chi connectivity index (χ2n) is 8.47. The summed E-state index contributed by atoms with van der Waals surface area (Å²) < 4.78 is 25.4. The van der Waals surface area contributed by atoms with Crippen LogP contribution in [0, 0.1) is 24.1 Å². The van der Waals surface area contributed by atoms with E-state index in [-0.39, 0.29) is 23.8 Å². The van der Waals surface area contributed by atoms with Gasteiger partial charge in [0, 0.05) is 38.8 Å². The molecular formula is C21H28FN3O3. The monoisotopic (exact) mass is 389 g/mol. The van der Waals surface area contributed by atoms with Gasteiger partial charge in [-0.1, -0.05) is 6.07 Å². The summed E-state index contributed by atoms with van der Waals surface area (Å²) in [4.78, 5) is 16.5. The Morgan fingerprint density at radius 3 is 2.75 bits per heavy atom. The van der Waals surface area contributed by atoms with Gasteiger partial charge in [0.2, 0.25) is 0 Å². The average Bonchev–Trinajstić information content (AvgIpc) is 2.82. The Morgan fingerprint density at radius 2 is 2.07 bits per heavy atom. The van der Waals surface area contributed by atoms with Gasteiger partial charge in [-0.25, -0.2) is 9.18 Å². The normalized spacial score (nSPS) is 23.5. The fourth-order valence-corrected chi connectivity index (χ4v) is 3.88. The van der Waals surface area contributed by atoms with Crippen LogP contribution in [0.5, 0.6) is 0 Å². The van der Waals surface area contributed by atoms with Crippen LogP contribution < -0.4 is 0 Å². The zero-order valence-corrected chi connectivity index (χ0v) is 17.0. The Labute approximate surface area is 165 Å². The molecule has 152 valence electrons. The third-order valence-corrected chi connectivity index (χ3v) is 5.34. The van der Waals surface area contributed by atoms with E-state index < -0.39 is 11.4 Å². The predicted octanol–water partition coefficient (Wildman–Crippen LogP) is 3.39. The van der Waals surface area contributed by atoms with Gasteiger partial charge in [-0.3, -0.25) is 4.90 Å². The van der Waals surface area contributed by atoms with E-state index >= 15 is 0 Å². The zero-order chi connectivity index (χ0) is 20.5. The van der Waals surface area contributed by atoms with Gasteiger partial charge in [-0.15, -0.1) is 0 Å². The number of carbonyl (C=O) groups excluding carboxylic acids is 1. The van der Waals surface area contributed by atoms with Gasteiger partial charge in [-0.2, -0.15) is 5.26 Å². The van der Waals surface area contributed by atoms with E-state index in [1.54, 1.807) is 17.9 Å². The van der Waals surface area contributed by atoms with Crippen molar-refractivity contribution in [3.8, 4) is 6.07 Å². The number of benzene rings is 1. The molecule has 0 N–H and O–H groups in total. The molecule has 0 saturated carbocycles. The molecule has 3 rings (SSSR count). The van der Waals surface area contributed by atoms with Crippen LogP contribution in [0.3, 0.4) is 0 Å². The highest BCUT2D eigenvalue weighted by Crippen LogP contribution is 2.30. The molecule has 6 nitrogen and oxygen atoms in total. The minimum Gasteiger partial charge on any atom is -0.444 e. The van der Waals surface area contributed by atoms with Crippen molar-refractivity contribution in [1.82, 2.24) is 9.80 Å². The molecule has 2 heterocycles. The molecule has 2 fully saturated rings. The van der Waals surface area contributed by atoms with Crippen molar-refractivity contribution >= 4 is 6.09 Å². The Balaban J connectivity index is 1.71. The van der Waals surface area contributed by atoms with Gasteiger partial charge < -0.3 is 14.4 Å². The Morgan fingerprint density at radius 1 is 1.32 bits per heavy atom. The van der Waals surface area contributed by atoms with Crippen molar-refractivity contribution < 1.29 is 18.7 Å². The van der Waals surface area contributed by atoms with Crippen molar-refractivity contribution in [3.05, 3.63) is 34.6 Å². The first-order chi connectivity index (χ1) is 13.2. The largest absolute Gasteiger partial charge is 0.444 e. The number of nitriles is 1. The highest BCUT2D eigenvalue weighted by molar-refractivity contribution is 5.68. The lowest BCUT2D eigenvalue weighted by Gasteiger charge is -2.41. The lowest BCUT2D eigenvalue weighted by atomic mass is 9.97. The van der Waals surface area contributed by atoms with Gasteiger partial charge >= 0.3 is 6.09 Å². The lowest BCUT2D eigenvalue weighted by Crippen LogP contribution is -2.55. The first kappa shape index (κ1) is 20.6. The number of fused-ring (bicyclic) bond motifs is 1. The zero-order valence-electron chi connectivity index (χ0n) is 17.0. The summed E-state index contributed by atoms with van der Waals surface area (Å²) in [6.07, 6.45) is 0.314. The third kappa shape index (κ3) is 4.45. The summed E-state index contributed by atoms with van der Waals surface area (Å²) in [5.41, 5.74) is 1.06. The smallest absolute Gasteiger partial charge is 0.410 e. The van der Waals surface area contributed by atoms with Crippen molar-refractivity contribution in [1.29, 1.82) is 5.26 Å². The van der Waals surface area contributed by atoms with E-state index in [1.807, 2.05) is 26.8 Å². The highest BCUT2D eigenvalue weighted by atomic mass is 19.1. The van der Waals surface area contributed by atoms with Crippen LogP contribution in [0.2, 0.25) is 0 Å². The molecule has 1 aromatic carbocycles. The SMILES string of the molecule is Cc1c([C@@H]2CN3CCN(C(=O)OC(C)(C)C)C[C@@H]3CCO2)ccc(F)c1C#N. The molecule has 0 spiro atoms. The van der Waals surface area contributed by atoms with Crippen molar-refractivity contribution in [3.63, 3.8) is 0 Å². The Hall–Kier alpha value is -2.17. The fourth-order valence-electron chi connectivity index (χ4n) is 3.88. The number of nitrogens with zero attached hydrogens (tertiary/aromatic N) is 3. The number of rotatable bonds is 1. The molecule has 0 aromatic heterocycles. The summed E-state index contributed by atoms with van der Waals surface area (Å²) in [7, 11) is 0. The van der Waals surface area contributed by atoms with E-state index in [2.05, 4.69) is 4.90 Å². The maximum atomic E-state index is 13.9. The van der Waals surface area contributed by atoms with Gasteiger partial charge in [-0.05, 0) is 51.3 Å². The van der Waals surface area contributed by atoms with Crippen LogP contribution in [-0.2, 0) is 9.47 Å². The second kappa shape index (κ2) is 8.06. The van der Waals surface area contributed by atoms with E-state index in [4.69, 9.17) is 9.47 Å². The Bertz CT molecular complexity index is 784. The molecule has 28 heavy (non-hydrogen) atoms. The van der Waals surface area contributed by atoms with Crippen molar-refractivity contribution in [2.75, 3.05) is 32.8 Å². The summed E-state index contributed by atoms with van der Waals surface area (Å²) >= 11 is 0. The molecule has 0 radical (unpaired) electrons. The van der Waals surface area contributed by atoms with Gasteiger partial charge in [0.25, 0.3) is 0 Å². The van der Waals surface area contributed by atoms with E-state index in [0.29, 0.717) is 31.8 Å². The molecule has 0 bridgehead atoms. The summed E-state index contributed by atoms with van der Waals surface area (Å²) in [6, 6.07) is 5.20. The maximum Gasteiger partial charge on any atom is 0.410 e. The minimum atomic E-state index is -0.509. The molecule has 2 aliphatic rings. The maximum absolute atomic E-state index is 13.9. The molecular weight excluding hydrogens is 361 g/mol. The highest BCUT2D eigenvalue weighted by Gasteiger charge is 2.35. The summed E-state index contributed by atoms with van der Waals surface area (Å²) in [5.74, 6) is -0.499. The lowest BCUT2D eigenvalue weighted by molar-refractivity contribution is 0.00193. The van der Waals surface area contributed by atoms with Crippen LogP contribution in [0.15, 0.2) is 12.1 Å². The standard InChI is InChI=1S/C21H28FN3O3/c1-14-16(5-6-18(22)17(14)11-23)19-13-24-8-9-25(12-15(24)7-10-27-19)20(26)28-21(2,3)4/h5-6,15,19H,7-10,12-13H2,1-4H3/t15-,19-/m0/s1.